The molecule has 0 atom stereocenters. The van der Waals surface area contributed by atoms with Gasteiger partial charge in [0.2, 0.25) is 10.0 Å². The van der Waals surface area contributed by atoms with Crippen LogP contribution in [0.15, 0.2) is 23.1 Å². The van der Waals surface area contributed by atoms with Crippen LogP contribution in [0.25, 0.3) is 0 Å². The highest BCUT2D eigenvalue weighted by Gasteiger charge is 2.34. The Labute approximate surface area is 124 Å². The summed E-state index contributed by atoms with van der Waals surface area (Å²) in [5, 5.41) is 18.2. The van der Waals surface area contributed by atoms with E-state index in [1.165, 1.54) is 22.5 Å². The molecule has 0 aliphatic heterocycles. The van der Waals surface area contributed by atoms with Crippen molar-refractivity contribution >= 4 is 16.0 Å². The van der Waals surface area contributed by atoms with E-state index in [0.29, 0.717) is 5.56 Å². The molecule has 21 heavy (non-hydrogen) atoms. The van der Waals surface area contributed by atoms with Gasteiger partial charge in [-0.1, -0.05) is 12.5 Å². The van der Waals surface area contributed by atoms with E-state index in [0.717, 1.165) is 19.3 Å². The Hall–Kier alpha value is -1.44. The minimum absolute atomic E-state index is 0.0198. The number of rotatable bonds is 6. The topological polar surface area (TPSA) is 94.9 Å². The monoisotopic (exact) mass is 313 g/mol. The highest BCUT2D eigenvalue weighted by atomic mass is 32.2. The standard InChI is InChI=1S/C14H19NO5S/c1-10-5-6-12(9-13(10)14(17)18)21(19,20)15(7-8-16)11-3-2-4-11/h5-6,9,11,16H,2-4,7-8H2,1H3,(H,17,18). The molecule has 116 valence electrons. The fourth-order valence-corrected chi connectivity index (χ4v) is 4.10. The van der Waals surface area contributed by atoms with Gasteiger partial charge in [-0.05, 0) is 37.5 Å². The maximum Gasteiger partial charge on any atom is 0.335 e. The van der Waals surface area contributed by atoms with Gasteiger partial charge in [-0.25, -0.2) is 13.2 Å². The second-order valence-corrected chi connectivity index (χ2v) is 7.10. The van der Waals surface area contributed by atoms with E-state index in [1.54, 1.807) is 6.92 Å². The highest BCUT2D eigenvalue weighted by molar-refractivity contribution is 7.89. The minimum Gasteiger partial charge on any atom is -0.478 e. The maximum atomic E-state index is 12.7. The fourth-order valence-electron chi connectivity index (χ4n) is 2.40. The van der Waals surface area contributed by atoms with Crippen LogP contribution in [0.5, 0.6) is 0 Å². The molecule has 0 saturated heterocycles. The molecular weight excluding hydrogens is 294 g/mol. The fraction of sp³-hybridized carbons (Fsp3) is 0.500. The molecule has 1 aliphatic carbocycles. The molecule has 0 bridgehead atoms. The molecule has 0 amide bonds. The number of carboxylic acids is 1. The van der Waals surface area contributed by atoms with Crippen molar-refractivity contribution in [3.63, 3.8) is 0 Å². The van der Waals surface area contributed by atoms with E-state index in [-0.39, 0.29) is 29.7 Å². The molecule has 0 aromatic heterocycles. The summed E-state index contributed by atoms with van der Waals surface area (Å²) < 4.78 is 26.6. The molecule has 0 radical (unpaired) electrons. The van der Waals surface area contributed by atoms with Gasteiger partial charge in [0.1, 0.15) is 0 Å². The average Bonchev–Trinajstić information content (AvgIpc) is 2.36. The van der Waals surface area contributed by atoms with Crippen molar-refractivity contribution in [3.8, 4) is 0 Å². The Morgan fingerprint density at radius 2 is 2.05 bits per heavy atom. The van der Waals surface area contributed by atoms with Gasteiger partial charge in [0, 0.05) is 12.6 Å². The van der Waals surface area contributed by atoms with Crippen LogP contribution in [0.1, 0.15) is 35.2 Å². The first-order valence-corrected chi connectivity index (χ1v) is 8.28. The number of sulfonamides is 1. The van der Waals surface area contributed by atoms with Crippen LogP contribution in [0.2, 0.25) is 0 Å². The van der Waals surface area contributed by atoms with E-state index < -0.39 is 16.0 Å². The molecule has 1 fully saturated rings. The molecule has 0 spiro atoms. The van der Waals surface area contributed by atoms with E-state index in [4.69, 9.17) is 10.2 Å². The number of benzene rings is 1. The van der Waals surface area contributed by atoms with Crippen LogP contribution >= 0.6 is 0 Å². The van der Waals surface area contributed by atoms with Crippen molar-refractivity contribution in [3.05, 3.63) is 29.3 Å². The Morgan fingerprint density at radius 3 is 2.52 bits per heavy atom. The van der Waals surface area contributed by atoms with Gasteiger partial charge in [0.05, 0.1) is 17.1 Å². The van der Waals surface area contributed by atoms with Gasteiger partial charge < -0.3 is 10.2 Å². The minimum atomic E-state index is -3.79. The van der Waals surface area contributed by atoms with Gasteiger partial charge in [0.25, 0.3) is 0 Å². The number of carboxylic acid groups (broad SMARTS) is 1. The van der Waals surface area contributed by atoms with Crippen LogP contribution in [0, 0.1) is 6.92 Å². The van der Waals surface area contributed by atoms with Gasteiger partial charge in [-0.2, -0.15) is 4.31 Å². The van der Waals surface area contributed by atoms with Crippen molar-refractivity contribution in [2.45, 2.75) is 37.1 Å². The Balaban J connectivity index is 2.41. The Kier molecular flexibility index (Phi) is 4.65. The maximum absolute atomic E-state index is 12.7. The third kappa shape index (κ3) is 3.09. The number of carbonyl (C=O) groups is 1. The third-order valence-electron chi connectivity index (χ3n) is 3.85. The molecule has 7 heteroatoms. The second kappa shape index (κ2) is 6.13. The summed E-state index contributed by atoms with van der Waals surface area (Å²) in [5.74, 6) is -1.15. The SMILES string of the molecule is Cc1ccc(S(=O)(=O)N(CCO)C2CCC2)cc1C(=O)O. The summed E-state index contributed by atoms with van der Waals surface area (Å²) in [6.07, 6.45) is 2.52. The van der Waals surface area contributed by atoms with Crippen LogP contribution in [0.3, 0.4) is 0 Å². The Morgan fingerprint density at radius 1 is 1.38 bits per heavy atom. The number of aryl methyl sites for hydroxylation is 1. The van der Waals surface area contributed by atoms with Crippen molar-refractivity contribution in [1.82, 2.24) is 4.31 Å². The zero-order chi connectivity index (χ0) is 15.6. The number of aliphatic hydroxyl groups excluding tert-OH is 1. The van der Waals surface area contributed by atoms with Crippen LogP contribution < -0.4 is 0 Å². The van der Waals surface area contributed by atoms with Gasteiger partial charge in [-0.3, -0.25) is 0 Å². The van der Waals surface area contributed by atoms with Crippen LogP contribution in [-0.2, 0) is 10.0 Å². The molecule has 1 aliphatic rings. The van der Waals surface area contributed by atoms with Crippen molar-refractivity contribution in [2.75, 3.05) is 13.2 Å². The number of aliphatic hydroxyl groups is 1. The highest BCUT2D eigenvalue weighted by Crippen LogP contribution is 2.30. The molecule has 1 saturated carbocycles. The largest absolute Gasteiger partial charge is 0.478 e. The normalized spacial score (nSPS) is 16.0. The van der Waals surface area contributed by atoms with Crippen molar-refractivity contribution in [2.24, 2.45) is 0 Å². The lowest BCUT2D eigenvalue weighted by molar-refractivity contribution is 0.0696. The van der Waals surface area contributed by atoms with E-state index in [2.05, 4.69) is 0 Å². The molecule has 2 rings (SSSR count). The summed E-state index contributed by atoms with van der Waals surface area (Å²) in [4.78, 5) is 11.1. The molecular formula is C14H19NO5S. The zero-order valence-electron chi connectivity index (χ0n) is 11.8. The van der Waals surface area contributed by atoms with E-state index >= 15 is 0 Å². The molecule has 1 aromatic carbocycles. The average molecular weight is 313 g/mol. The predicted octanol–water partition coefficient (Wildman–Crippen LogP) is 1.23. The smallest absolute Gasteiger partial charge is 0.335 e. The molecule has 0 heterocycles. The van der Waals surface area contributed by atoms with E-state index in [1.807, 2.05) is 0 Å². The van der Waals surface area contributed by atoms with Gasteiger partial charge in [0.15, 0.2) is 0 Å². The lowest BCUT2D eigenvalue weighted by Crippen LogP contribution is -2.45. The molecule has 0 unspecified atom stereocenters. The predicted molar refractivity (Wildman–Crippen MR) is 76.8 cm³/mol. The van der Waals surface area contributed by atoms with Crippen molar-refractivity contribution < 1.29 is 23.4 Å². The zero-order valence-corrected chi connectivity index (χ0v) is 12.6. The summed E-state index contributed by atoms with van der Waals surface area (Å²) in [5.41, 5.74) is 0.493. The summed E-state index contributed by atoms with van der Waals surface area (Å²) in [6, 6.07) is 4.00. The first-order valence-electron chi connectivity index (χ1n) is 6.84. The number of hydrogen-bond acceptors (Lipinski definition) is 4. The van der Waals surface area contributed by atoms with Gasteiger partial charge in [-0.15, -0.1) is 0 Å². The molecule has 1 aromatic rings. The summed E-state index contributed by atoms with van der Waals surface area (Å²) in [6.45, 7) is 1.40. The summed E-state index contributed by atoms with van der Waals surface area (Å²) in [7, 11) is -3.79. The van der Waals surface area contributed by atoms with E-state index in [9.17, 15) is 13.2 Å². The second-order valence-electron chi connectivity index (χ2n) is 5.21. The van der Waals surface area contributed by atoms with Crippen LogP contribution in [-0.4, -0.2) is 48.1 Å². The lowest BCUT2D eigenvalue weighted by atomic mass is 9.93. The number of hydrogen-bond donors (Lipinski definition) is 2. The third-order valence-corrected chi connectivity index (χ3v) is 5.80. The molecule has 6 nitrogen and oxygen atoms in total. The molecule has 2 N–H and O–H groups in total. The Bertz CT molecular complexity index is 637. The summed E-state index contributed by atoms with van der Waals surface area (Å²) >= 11 is 0. The van der Waals surface area contributed by atoms with Gasteiger partial charge >= 0.3 is 5.97 Å². The first-order chi connectivity index (χ1) is 9.87. The number of nitrogens with zero attached hydrogens (tertiary/aromatic N) is 1. The van der Waals surface area contributed by atoms with Crippen molar-refractivity contribution in [1.29, 1.82) is 0 Å². The quantitative estimate of drug-likeness (QED) is 0.823. The van der Waals surface area contributed by atoms with Crippen LogP contribution in [0.4, 0.5) is 0 Å². The lowest BCUT2D eigenvalue weighted by Gasteiger charge is -2.36. The first kappa shape index (κ1) is 15.9. The number of aromatic carboxylic acids is 1.